The van der Waals surface area contributed by atoms with Crippen LogP contribution < -0.4 is 16.0 Å². The van der Waals surface area contributed by atoms with Gasteiger partial charge in [0.2, 0.25) is 0 Å². The van der Waals surface area contributed by atoms with E-state index < -0.39 is 17.8 Å². The number of rotatable bonds is 7. The van der Waals surface area contributed by atoms with E-state index in [-0.39, 0.29) is 5.69 Å². The number of hydrogen-bond acceptors (Lipinski definition) is 7. The molecule has 1 aliphatic heterocycles. The number of alkyl halides is 3. The quantitative estimate of drug-likeness (QED) is 0.313. The van der Waals surface area contributed by atoms with E-state index in [1.54, 1.807) is 48.3 Å². The van der Waals surface area contributed by atoms with Gasteiger partial charge in [-0.1, -0.05) is 0 Å². The molecule has 2 aromatic heterocycles. The second-order valence-electron chi connectivity index (χ2n) is 9.70. The summed E-state index contributed by atoms with van der Waals surface area (Å²) in [5, 5.41) is 8.21. The first-order valence-corrected chi connectivity index (χ1v) is 12.9. The smallest absolute Gasteiger partial charge is 0.371 e. The Morgan fingerprint density at radius 2 is 1.68 bits per heavy atom. The Bertz CT molecular complexity index is 1480. The van der Waals surface area contributed by atoms with E-state index in [0.29, 0.717) is 41.2 Å². The van der Waals surface area contributed by atoms with Crippen LogP contribution in [0, 0.1) is 0 Å². The molecule has 0 saturated carbocycles. The zero-order chi connectivity index (χ0) is 28.3. The molecule has 13 heteroatoms. The van der Waals surface area contributed by atoms with E-state index in [1.165, 1.54) is 6.33 Å². The number of urea groups is 1. The molecule has 2 amide bonds. The zero-order valence-corrected chi connectivity index (χ0v) is 22.2. The molecule has 1 aliphatic rings. The lowest BCUT2D eigenvalue weighted by molar-refractivity contribution is -0.137. The molecule has 0 spiro atoms. The van der Waals surface area contributed by atoms with E-state index in [0.717, 1.165) is 44.0 Å². The molecule has 0 aliphatic carbocycles. The van der Waals surface area contributed by atoms with Crippen molar-refractivity contribution in [1.29, 1.82) is 0 Å². The van der Waals surface area contributed by atoms with E-state index in [1.807, 2.05) is 0 Å². The number of anilines is 3. The number of benzene rings is 2. The molecule has 3 N–H and O–H groups in total. The summed E-state index contributed by atoms with van der Waals surface area (Å²) in [4.78, 5) is 30.0. The van der Waals surface area contributed by atoms with Crippen molar-refractivity contribution in [1.82, 2.24) is 29.3 Å². The van der Waals surface area contributed by atoms with Gasteiger partial charge in [0.05, 0.1) is 5.56 Å². The number of fused-ring (bicyclic) bond motifs is 1. The van der Waals surface area contributed by atoms with Crippen LogP contribution in [0.4, 0.5) is 35.2 Å². The topological polar surface area (TPSA) is 103 Å². The summed E-state index contributed by atoms with van der Waals surface area (Å²) in [6, 6.07) is 9.99. The van der Waals surface area contributed by atoms with E-state index in [4.69, 9.17) is 0 Å². The number of nitrogens with one attached hydrogen (secondary N) is 3. The normalized spacial score (nSPS) is 14.8. The fourth-order valence-electron chi connectivity index (χ4n) is 4.64. The molecule has 210 valence electrons. The lowest BCUT2D eigenvalue weighted by Crippen LogP contribution is -2.45. The molecule has 0 bridgehead atoms. The maximum atomic E-state index is 13.6. The molecule has 4 aromatic rings. The average molecular weight is 554 g/mol. The Hall–Kier alpha value is -4.23. The number of carbonyl (C=O) groups is 1. The predicted octanol–water partition coefficient (Wildman–Crippen LogP) is 4.31. The standard InChI is InChI=1S/C27H30F3N9O/c1-31-24-23-25(33-16-32-24)39(17-34-23)22-5-3-20(4-6-22)35-26(40)36-21-14-18(13-19(15-21)27(28,29)30)7-8-38-11-9-37(2)10-12-38/h3-6,13-17H,7-12H2,1-2H3,(H,31,32,33)(H2,35,36,40). The van der Waals surface area contributed by atoms with E-state index in [2.05, 4.69) is 47.7 Å². The summed E-state index contributed by atoms with van der Waals surface area (Å²) in [6.07, 6.45) is -0.999. The molecule has 5 rings (SSSR count). The molecule has 10 nitrogen and oxygen atoms in total. The molecule has 40 heavy (non-hydrogen) atoms. The first-order chi connectivity index (χ1) is 19.2. The number of imidazole rings is 1. The molecule has 0 unspecified atom stereocenters. The Labute approximate surface area is 229 Å². The Balaban J connectivity index is 1.26. The van der Waals surface area contributed by atoms with Crippen molar-refractivity contribution in [3.05, 3.63) is 66.2 Å². The first kappa shape index (κ1) is 27.3. The van der Waals surface area contributed by atoms with Gasteiger partial charge in [0.15, 0.2) is 17.0 Å². The molecule has 0 radical (unpaired) electrons. The summed E-state index contributed by atoms with van der Waals surface area (Å²) in [5.41, 5.74) is 2.28. The van der Waals surface area contributed by atoms with Gasteiger partial charge < -0.3 is 25.8 Å². The summed E-state index contributed by atoms with van der Waals surface area (Å²) in [7, 11) is 3.80. The van der Waals surface area contributed by atoms with Gasteiger partial charge in [0.1, 0.15) is 12.7 Å². The summed E-state index contributed by atoms with van der Waals surface area (Å²) in [6.45, 7) is 4.27. The molecule has 3 heterocycles. The number of aromatic nitrogens is 4. The van der Waals surface area contributed by atoms with Crippen LogP contribution in [0.25, 0.3) is 16.9 Å². The number of amides is 2. The molecule has 2 aromatic carbocycles. The van der Waals surface area contributed by atoms with Gasteiger partial charge >= 0.3 is 12.2 Å². The zero-order valence-electron chi connectivity index (χ0n) is 22.2. The third kappa shape index (κ3) is 6.32. The van der Waals surface area contributed by atoms with Crippen LogP contribution in [0.15, 0.2) is 55.1 Å². The fourth-order valence-corrected chi connectivity index (χ4v) is 4.64. The summed E-state index contributed by atoms with van der Waals surface area (Å²) >= 11 is 0. The Morgan fingerprint density at radius 3 is 2.38 bits per heavy atom. The van der Waals surface area contributed by atoms with Crippen molar-refractivity contribution >= 4 is 34.4 Å². The van der Waals surface area contributed by atoms with Crippen LogP contribution in [0.5, 0.6) is 0 Å². The Kier molecular flexibility index (Phi) is 7.85. The van der Waals surface area contributed by atoms with E-state index >= 15 is 0 Å². The van der Waals surface area contributed by atoms with Crippen molar-refractivity contribution in [3.63, 3.8) is 0 Å². The maximum Gasteiger partial charge on any atom is 0.416 e. The minimum atomic E-state index is -4.52. The minimum absolute atomic E-state index is 0.0854. The largest absolute Gasteiger partial charge is 0.416 e. The lowest BCUT2D eigenvalue weighted by Gasteiger charge is -2.32. The SMILES string of the molecule is CNc1ncnc2c1ncn2-c1ccc(NC(=O)Nc2cc(CCN3CCN(C)CC3)cc(C(F)(F)F)c2)cc1. The second kappa shape index (κ2) is 11.5. The Morgan fingerprint density at radius 1 is 0.950 bits per heavy atom. The van der Waals surface area contributed by atoms with Gasteiger partial charge in [0, 0.05) is 56.8 Å². The van der Waals surface area contributed by atoms with Gasteiger partial charge in [-0.2, -0.15) is 13.2 Å². The minimum Gasteiger partial charge on any atom is -0.371 e. The van der Waals surface area contributed by atoms with Crippen LogP contribution >= 0.6 is 0 Å². The van der Waals surface area contributed by atoms with Gasteiger partial charge in [-0.05, 0) is 61.5 Å². The van der Waals surface area contributed by atoms with Crippen LogP contribution in [0.3, 0.4) is 0 Å². The number of hydrogen-bond donors (Lipinski definition) is 3. The average Bonchev–Trinajstić information content (AvgIpc) is 3.37. The number of likely N-dealkylation sites (N-methyl/N-ethyl adjacent to an activating group) is 1. The van der Waals surface area contributed by atoms with Crippen LogP contribution in [-0.2, 0) is 12.6 Å². The number of nitrogens with zero attached hydrogens (tertiary/aromatic N) is 6. The van der Waals surface area contributed by atoms with E-state index in [9.17, 15) is 18.0 Å². The third-order valence-corrected chi connectivity index (χ3v) is 6.86. The predicted molar refractivity (Wildman–Crippen MR) is 148 cm³/mol. The highest BCUT2D eigenvalue weighted by molar-refractivity contribution is 6.00. The highest BCUT2D eigenvalue weighted by Crippen LogP contribution is 2.32. The van der Waals surface area contributed by atoms with Crippen molar-refractivity contribution in [2.24, 2.45) is 0 Å². The lowest BCUT2D eigenvalue weighted by atomic mass is 10.1. The van der Waals surface area contributed by atoms with Crippen LogP contribution in [0.2, 0.25) is 0 Å². The monoisotopic (exact) mass is 553 g/mol. The number of carbonyl (C=O) groups excluding carboxylic acids is 1. The molecular formula is C27H30F3N9O. The van der Waals surface area contributed by atoms with Crippen molar-refractivity contribution in [2.45, 2.75) is 12.6 Å². The molecule has 0 atom stereocenters. The summed E-state index contributed by atoms with van der Waals surface area (Å²) in [5.74, 6) is 0.607. The van der Waals surface area contributed by atoms with Crippen molar-refractivity contribution in [2.75, 3.05) is 62.8 Å². The van der Waals surface area contributed by atoms with Crippen molar-refractivity contribution in [3.8, 4) is 5.69 Å². The maximum absolute atomic E-state index is 13.6. The van der Waals surface area contributed by atoms with Gasteiger partial charge in [-0.25, -0.2) is 19.7 Å². The highest BCUT2D eigenvalue weighted by atomic mass is 19.4. The molecular weight excluding hydrogens is 523 g/mol. The summed E-state index contributed by atoms with van der Waals surface area (Å²) < 4.78 is 42.6. The van der Waals surface area contributed by atoms with Gasteiger partial charge in [-0.3, -0.25) is 4.57 Å². The van der Waals surface area contributed by atoms with Crippen molar-refractivity contribution < 1.29 is 18.0 Å². The fraction of sp³-hybridized carbons (Fsp3) is 0.333. The number of piperazine rings is 1. The first-order valence-electron chi connectivity index (χ1n) is 12.9. The second-order valence-corrected chi connectivity index (χ2v) is 9.70. The third-order valence-electron chi connectivity index (χ3n) is 6.86. The van der Waals surface area contributed by atoms with Crippen LogP contribution in [0.1, 0.15) is 11.1 Å². The highest BCUT2D eigenvalue weighted by Gasteiger charge is 2.31. The molecule has 1 saturated heterocycles. The molecule has 1 fully saturated rings. The van der Waals surface area contributed by atoms with Gasteiger partial charge in [-0.15, -0.1) is 0 Å². The van der Waals surface area contributed by atoms with Gasteiger partial charge in [0.25, 0.3) is 0 Å². The van der Waals surface area contributed by atoms with Crippen LogP contribution in [-0.4, -0.2) is 82.2 Å². The number of halogens is 3.